The molecule has 5 rings (SSSR count). The third kappa shape index (κ3) is 8.06. The van der Waals surface area contributed by atoms with Gasteiger partial charge in [0.25, 0.3) is 0 Å². The van der Waals surface area contributed by atoms with E-state index in [2.05, 4.69) is 142 Å². The number of hydrogen-bond acceptors (Lipinski definition) is 2. The van der Waals surface area contributed by atoms with Crippen molar-refractivity contribution in [1.82, 2.24) is 5.32 Å². The molecule has 0 aromatic rings. The van der Waals surface area contributed by atoms with Gasteiger partial charge in [-0.15, -0.1) is 0 Å². The first-order valence-electron chi connectivity index (χ1n) is 17.7. The monoisotopic (exact) mass is 622 g/mol. The summed E-state index contributed by atoms with van der Waals surface area (Å²) in [6.45, 7) is 17.0. The second kappa shape index (κ2) is 16.6. The Morgan fingerprint density at radius 1 is 1.00 bits per heavy atom. The zero-order chi connectivity index (χ0) is 33.2. The summed E-state index contributed by atoms with van der Waals surface area (Å²) in [5.74, 6) is 1.96. The Morgan fingerprint density at radius 3 is 2.49 bits per heavy atom. The summed E-state index contributed by atoms with van der Waals surface area (Å²) in [6, 6.07) is 0. The Labute approximate surface area is 284 Å². The molecule has 0 spiro atoms. The first kappa shape index (κ1) is 34.2. The molecule has 4 aliphatic carbocycles. The van der Waals surface area contributed by atoms with Crippen LogP contribution < -0.4 is 11.1 Å². The predicted molar refractivity (Wildman–Crippen MR) is 204 cm³/mol. The van der Waals surface area contributed by atoms with Crippen LogP contribution in [0.5, 0.6) is 0 Å². The van der Waals surface area contributed by atoms with Crippen molar-refractivity contribution in [3.05, 3.63) is 179 Å². The van der Waals surface area contributed by atoms with E-state index in [0.29, 0.717) is 36.1 Å². The van der Waals surface area contributed by atoms with E-state index in [0.717, 1.165) is 44.3 Å². The molecular weight excluding hydrogens is 569 g/mol. The second-order valence-electron chi connectivity index (χ2n) is 13.3. The Kier molecular flexibility index (Phi) is 12.1. The fraction of sp³-hybridized carbons (Fsp3) is 0.333. The quantitative estimate of drug-likeness (QED) is 0.158. The van der Waals surface area contributed by atoms with E-state index in [1.54, 1.807) is 0 Å². The van der Waals surface area contributed by atoms with Gasteiger partial charge >= 0.3 is 0 Å². The van der Waals surface area contributed by atoms with E-state index in [1.807, 2.05) is 6.08 Å². The Hall–Kier alpha value is -4.14. The summed E-state index contributed by atoms with van der Waals surface area (Å²) in [6.07, 6.45) is 47.8. The minimum absolute atomic E-state index is 0.338. The summed E-state index contributed by atoms with van der Waals surface area (Å²) < 4.78 is 0. The van der Waals surface area contributed by atoms with Crippen LogP contribution in [0.25, 0.3) is 0 Å². The maximum absolute atomic E-state index is 6.36. The fourth-order valence-electron chi connectivity index (χ4n) is 7.65. The molecule has 0 fully saturated rings. The highest BCUT2D eigenvalue weighted by atomic mass is 14.9. The summed E-state index contributed by atoms with van der Waals surface area (Å²) in [5, 5.41) is 3.40. The lowest BCUT2D eigenvalue weighted by molar-refractivity contribution is 0.439. The minimum atomic E-state index is 0.338. The molecule has 1 heterocycles. The number of nitrogens with two attached hydrogens (primary N) is 1. The molecule has 0 saturated carbocycles. The molecule has 0 radical (unpaired) electrons. The summed E-state index contributed by atoms with van der Waals surface area (Å²) in [7, 11) is 0. The molecule has 3 N–H and O–H groups in total. The van der Waals surface area contributed by atoms with Gasteiger partial charge in [0.1, 0.15) is 0 Å². The lowest BCUT2D eigenvalue weighted by Crippen LogP contribution is -2.27. The van der Waals surface area contributed by atoms with Crippen LogP contribution in [0.1, 0.15) is 52.9 Å². The fourth-order valence-corrected chi connectivity index (χ4v) is 7.65. The van der Waals surface area contributed by atoms with Crippen LogP contribution in [0.3, 0.4) is 0 Å². The van der Waals surface area contributed by atoms with Crippen LogP contribution in [0.15, 0.2) is 179 Å². The van der Waals surface area contributed by atoms with Crippen LogP contribution >= 0.6 is 0 Å². The third-order valence-electron chi connectivity index (χ3n) is 10.5. The highest BCUT2D eigenvalue weighted by Crippen LogP contribution is 2.46. The van der Waals surface area contributed by atoms with Gasteiger partial charge in [-0.3, -0.25) is 0 Å². The number of fused-ring (bicyclic) bond motifs is 2. The number of allylic oxidation sites excluding steroid dienone is 25. The van der Waals surface area contributed by atoms with Crippen molar-refractivity contribution in [2.45, 2.75) is 52.9 Å². The number of rotatable bonds is 13. The van der Waals surface area contributed by atoms with E-state index in [1.165, 1.54) is 44.6 Å². The average Bonchev–Trinajstić information content (AvgIpc) is 3.12. The van der Waals surface area contributed by atoms with Gasteiger partial charge < -0.3 is 11.1 Å². The Bertz CT molecular complexity index is 1610. The van der Waals surface area contributed by atoms with Gasteiger partial charge in [0, 0.05) is 36.5 Å². The molecule has 0 amide bonds. The first-order valence-corrected chi connectivity index (χ1v) is 17.7. The molecule has 47 heavy (non-hydrogen) atoms. The average molecular weight is 623 g/mol. The third-order valence-corrected chi connectivity index (χ3v) is 10.5. The van der Waals surface area contributed by atoms with Gasteiger partial charge in [-0.05, 0) is 84.5 Å². The largest absolute Gasteiger partial charge is 0.382 e. The molecule has 1 aliphatic heterocycles. The summed E-state index contributed by atoms with van der Waals surface area (Å²) >= 11 is 0. The molecule has 5 unspecified atom stereocenters. The molecule has 5 atom stereocenters. The predicted octanol–water partition coefficient (Wildman–Crippen LogP) is 10.6. The molecule has 0 bridgehead atoms. The van der Waals surface area contributed by atoms with Crippen molar-refractivity contribution < 1.29 is 0 Å². The molecule has 0 saturated heterocycles. The summed E-state index contributed by atoms with van der Waals surface area (Å²) in [4.78, 5) is 0. The van der Waals surface area contributed by atoms with Gasteiger partial charge in [0.2, 0.25) is 0 Å². The Morgan fingerprint density at radius 2 is 1.79 bits per heavy atom. The van der Waals surface area contributed by atoms with Crippen LogP contribution in [-0.2, 0) is 0 Å². The van der Waals surface area contributed by atoms with Gasteiger partial charge in [-0.2, -0.15) is 0 Å². The molecule has 2 nitrogen and oxygen atoms in total. The van der Waals surface area contributed by atoms with Crippen molar-refractivity contribution in [3.63, 3.8) is 0 Å². The van der Waals surface area contributed by atoms with Crippen molar-refractivity contribution in [3.8, 4) is 0 Å². The van der Waals surface area contributed by atoms with Crippen molar-refractivity contribution in [2.24, 2.45) is 35.3 Å². The number of nitrogens with one attached hydrogen (secondary N) is 1. The lowest BCUT2D eigenvalue weighted by atomic mass is 9.68. The zero-order valence-corrected chi connectivity index (χ0v) is 28.8. The highest BCUT2D eigenvalue weighted by molar-refractivity contribution is 5.58. The van der Waals surface area contributed by atoms with E-state index in [4.69, 9.17) is 12.3 Å². The smallest absolute Gasteiger partial charge is 0.0342 e. The van der Waals surface area contributed by atoms with Crippen molar-refractivity contribution in [2.75, 3.05) is 13.1 Å². The summed E-state index contributed by atoms with van der Waals surface area (Å²) in [5.41, 5.74) is 18.4. The van der Waals surface area contributed by atoms with Gasteiger partial charge in [0.15, 0.2) is 0 Å². The van der Waals surface area contributed by atoms with Crippen LogP contribution in [0.2, 0.25) is 0 Å². The maximum atomic E-state index is 6.36. The first-order chi connectivity index (χ1) is 23.0. The van der Waals surface area contributed by atoms with Gasteiger partial charge in [-0.25, -0.2) is 0 Å². The minimum Gasteiger partial charge on any atom is -0.382 e. The Balaban J connectivity index is 1.31. The lowest BCUT2D eigenvalue weighted by Gasteiger charge is -2.36. The molecule has 5 aliphatic rings. The molecular formula is C45H54N2. The van der Waals surface area contributed by atoms with Crippen molar-refractivity contribution >= 4 is 0 Å². The maximum Gasteiger partial charge on any atom is 0.0342 e. The van der Waals surface area contributed by atoms with Gasteiger partial charge in [0.05, 0.1) is 0 Å². The van der Waals surface area contributed by atoms with Crippen LogP contribution in [-0.4, -0.2) is 13.1 Å². The van der Waals surface area contributed by atoms with E-state index in [9.17, 15) is 0 Å². The zero-order valence-electron chi connectivity index (χ0n) is 28.8. The standard InChI is InChI=1S/C45H54N2/c1-6-32(4)30-35(8-3)40-28-27-39(43-20-11-12-21-44(40)43)34(7-2)24-23-33(5)38-25-26-41(45-22-10-9-19-42(38)45)36(31-46)16-15-18-37-17-13-14-29-47-37/h7-22,27-28,30,32,39,41,43,45,47H,3,5-6,23-26,29,31,46H2,1-2,4H3/b18-15+,34-7+,35-30+,36-16+. The van der Waals surface area contributed by atoms with Gasteiger partial charge in [-0.1, -0.05) is 153 Å². The normalized spacial score (nSPS) is 26.4. The van der Waals surface area contributed by atoms with E-state index >= 15 is 0 Å². The molecule has 2 heteroatoms. The second-order valence-corrected chi connectivity index (χ2v) is 13.3. The molecule has 0 aromatic heterocycles. The topological polar surface area (TPSA) is 38.0 Å². The van der Waals surface area contributed by atoms with E-state index < -0.39 is 0 Å². The van der Waals surface area contributed by atoms with Crippen LogP contribution in [0.4, 0.5) is 0 Å². The van der Waals surface area contributed by atoms with Crippen molar-refractivity contribution in [1.29, 1.82) is 0 Å². The molecule has 0 aromatic carbocycles. The number of hydrogen-bond donors (Lipinski definition) is 2. The van der Waals surface area contributed by atoms with Crippen LogP contribution in [0, 0.1) is 29.6 Å². The highest BCUT2D eigenvalue weighted by Gasteiger charge is 2.33. The number of dihydropyridines is 1. The SMILES string of the molecule is C=C/C(=C\C(C)CC)C1=C2C=CC=CC2C(/C(=C/C)CCC(=C)C2=C3C=CC=CC3C(/C(=C/C=C/C3=CC=CCN3)CN)CC2)C=C1. The van der Waals surface area contributed by atoms with E-state index in [-0.39, 0.29) is 0 Å². The molecule has 244 valence electrons.